The largest absolute Gasteiger partial charge is 0.507 e. The molecule has 6 atom stereocenters. The molecule has 8 nitrogen and oxygen atoms in total. The lowest BCUT2D eigenvalue weighted by Crippen LogP contribution is -2.53. The van der Waals surface area contributed by atoms with Crippen molar-refractivity contribution < 1.29 is 29.1 Å². The van der Waals surface area contributed by atoms with E-state index in [-0.39, 0.29) is 36.2 Å². The first kappa shape index (κ1) is 35.8. The number of phenols is 1. The molecule has 1 N–H and O–H groups in total. The van der Waals surface area contributed by atoms with Gasteiger partial charge in [-0.3, -0.25) is 28.9 Å². The van der Waals surface area contributed by atoms with Crippen molar-refractivity contribution in [2.75, 3.05) is 9.80 Å². The van der Waals surface area contributed by atoms with Crippen molar-refractivity contribution in [1.29, 1.82) is 0 Å². The van der Waals surface area contributed by atoms with E-state index in [9.17, 15) is 19.5 Å². The zero-order valence-electron chi connectivity index (χ0n) is 31.0. The summed E-state index contributed by atoms with van der Waals surface area (Å²) >= 11 is 6.46. The van der Waals surface area contributed by atoms with Gasteiger partial charge in [-0.1, -0.05) is 120 Å². The predicted molar refractivity (Wildman–Crippen MR) is 221 cm³/mol. The second kappa shape index (κ2) is 13.5. The van der Waals surface area contributed by atoms with Gasteiger partial charge in [0.2, 0.25) is 23.6 Å². The molecule has 2 saturated heterocycles. The summed E-state index contributed by atoms with van der Waals surface area (Å²) in [6.07, 6.45) is 2.42. The average molecular weight is 783 g/mol. The van der Waals surface area contributed by atoms with Gasteiger partial charge in [-0.2, -0.15) is 0 Å². The number of carbonyl (C=O) groups is 5. The van der Waals surface area contributed by atoms with Crippen molar-refractivity contribution in [3.05, 3.63) is 185 Å². The number of hydrogen-bond donors (Lipinski definition) is 1. The van der Waals surface area contributed by atoms with Crippen LogP contribution in [0.15, 0.2) is 157 Å². The number of amides is 4. The summed E-state index contributed by atoms with van der Waals surface area (Å²) < 4.78 is 0. The highest BCUT2D eigenvalue weighted by molar-refractivity contribution is 6.32. The smallest absolute Gasteiger partial charge is 0.246 e. The molecule has 2 heterocycles. The minimum atomic E-state index is -1.46. The van der Waals surface area contributed by atoms with E-state index in [4.69, 9.17) is 11.6 Å². The molecule has 284 valence electrons. The molecule has 0 spiro atoms. The van der Waals surface area contributed by atoms with Gasteiger partial charge in [0.05, 0.1) is 34.5 Å². The monoisotopic (exact) mass is 782 g/mol. The summed E-state index contributed by atoms with van der Waals surface area (Å²) in [6.45, 7) is 0. The molecule has 6 aromatic rings. The fourth-order valence-corrected chi connectivity index (χ4v) is 10.6. The molecule has 58 heavy (non-hydrogen) atoms. The van der Waals surface area contributed by atoms with Crippen LogP contribution in [0.4, 0.5) is 11.4 Å². The van der Waals surface area contributed by atoms with Crippen LogP contribution in [0.25, 0.3) is 10.8 Å². The Balaban J connectivity index is 1.13. The van der Waals surface area contributed by atoms with Crippen LogP contribution in [-0.4, -0.2) is 34.5 Å². The van der Waals surface area contributed by atoms with E-state index in [1.54, 1.807) is 78.9 Å². The number of nitrogens with zero attached hydrogens (tertiary/aromatic N) is 2. The van der Waals surface area contributed by atoms with E-state index in [0.717, 1.165) is 11.1 Å². The number of phenolic OH excluding ortho intramolecular Hbond substituents is 1. The van der Waals surface area contributed by atoms with Crippen molar-refractivity contribution in [3.8, 4) is 5.75 Å². The van der Waals surface area contributed by atoms with E-state index in [2.05, 4.69) is 0 Å². The lowest BCUT2D eigenvalue weighted by Gasteiger charge is -2.51. The highest BCUT2D eigenvalue weighted by Crippen LogP contribution is 2.65. The minimum absolute atomic E-state index is 0.0767. The van der Waals surface area contributed by atoms with E-state index >= 15 is 9.59 Å². The molecule has 10 rings (SSSR count). The number of allylic oxidation sites excluding steroid dienone is 2. The topological polar surface area (TPSA) is 112 Å². The van der Waals surface area contributed by atoms with Gasteiger partial charge in [-0.15, -0.1) is 0 Å². The van der Waals surface area contributed by atoms with E-state index in [0.29, 0.717) is 43.9 Å². The lowest BCUT2D eigenvalue weighted by molar-refractivity contribution is -0.127. The van der Waals surface area contributed by atoms with Gasteiger partial charge in [0.1, 0.15) is 5.75 Å². The van der Waals surface area contributed by atoms with Crippen LogP contribution in [0.2, 0.25) is 5.02 Å². The van der Waals surface area contributed by atoms with Gasteiger partial charge < -0.3 is 5.11 Å². The molecular formula is C49H35ClN2O6. The molecule has 6 unspecified atom stereocenters. The molecule has 2 aliphatic carbocycles. The van der Waals surface area contributed by atoms with Crippen molar-refractivity contribution in [3.63, 3.8) is 0 Å². The molecule has 0 bridgehead atoms. The second-order valence-electron chi connectivity index (χ2n) is 15.6. The summed E-state index contributed by atoms with van der Waals surface area (Å²) in [7, 11) is 0. The van der Waals surface area contributed by atoms with Crippen LogP contribution in [0.5, 0.6) is 5.75 Å². The summed E-state index contributed by atoms with van der Waals surface area (Å²) in [5.74, 6) is -5.38. The Kier molecular flexibility index (Phi) is 8.32. The highest BCUT2D eigenvalue weighted by atomic mass is 35.5. The van der Waals surface area contributed by atoms with Gasteiger partial charge in [0.15, 0.2) is 5.78 Å². The first-order valence-corrected chi connectivity index (χ1v) is 19.8. The maximum absolute atomic E-state index is 15.6. The van der Waals surface area contributed by atoms with Crippen LogP contribution >= 0.6 is 11.6 Å². The van der Waals surface area contributed by atoms with Crippen LogP contribution in [0.1, 0.15) is 45.8 Å². The zero-order chi connectivity index (χ0) is 39.9. The maximum Gasteiger partial charge on any atom is 0.246 e. The molecule has 0 aromatic heterocycles. The third kappa shape index (κ3) is 5.11. The molecule has 0 radical (unpaired) electrons. The van der Waals surface area contributed by atoms with E-state index in [1.807, 2.05) is 72.8 Å². The van der Waals surface area contributed by atoms with Crippen molar-refractivity contribution in [2.24, 2.45) is 23.7 Å². The number of fused-ring (bicyclic) bond motifs is 5. The van der Waals surface area contributed by atoms with Crippen molar-refractivity contribution >= 4 is 63.2 Å². The number of carbonyl (C=O) groups excluding carboxylic acids is 5. The first-order chi connectivity index (χ1) is 28.2. The van der Waals surface area contributed by atoms with Gasteiger partial charge >= 0.3 is 0 Å². The van der Waals surface area contributed by atoms with Crippen molar-refractivity contribution in [2.45, 2.75) is 24.2 Å². The number of benzene rings is 6. The molecular weight excluding hydrogens is 748 g/mol. The van der Waals surface area contributed by atoms with Gasteiger partial charge in [-0.25, -0.2) is 4.90 Å². The van der Waals surface area contributed by atoms with Gasteiger partial charge in [-0.05, 0) is 83.8 Å². The molecule has 4 aliphatic rings. The van der Waals surface area contributed by atoms with Crippen LogP contribution < -0.4 is 9.80 Å². The molecule has 9 heteroatoms. The Bertz CT molecular complexity index is 2750. The average Bonchev–Trinajstić information content (AvgIpc) is 3.65. The summed E-state index contributed by atoms with van der Waals surface area (Å²) in [5.41, 5.74) is 2.43. The van der Waals surface area contributed by atoms with Gasteiger partial charge in [0.25, 0.3) is 0 Å². The minimum Gasteiger partial charge on any atom is -0.507 e. The zero-order valence-corrected chi connectivity index (χ0v) is 31.8. The fourth-order valence-electron chi connectivity index (χ4n) is 10.4. The Morgan fingerprint density at radius 1 is 0.638 bits per heavy atom. The van der Waals surface area contributed by atoms with Crippen LogP contribution in [0.3, 0.4) is 0 Å². The Morgan fingerprint density at radius 2 is 1.31 bits per heavy atom. The van der Waals surface area contributed by atoms with Crippen LogP contribution in [-0.2, 0) is 24.6 Å². The number of halogens is 1. The van der Waals surface area contributed by atoms with E-state index < -0.39 is 46.8 Å². The number of hydrogen-bond acceptors (Lipinski definition) is 6. The summed E-state index contributed by atoms with van der Waals surface area (Å²) in [5, 5.41) is 12.7. The molecule has 4 amide bonds. The normalized spacial score (nSPS) is 25.1. The maximum atomic E-state index is 15.6. The van der Waals surface area contributed by atoms with Gasteiger partial charge in [0, 0.05) is 27.5 Å². The second-order valence-corrected chi connectivity index (χ2v) is 16.0. The third-order valence-electron chi connectivity index (χ3n) is 12.8. The quantitative estimate of drug-likeness (QED) is 0.103. The summed E-state index contributed by atoms with van der Waals surface area (Å²) in [6, 6.07) is 42.4. The van der Waals surface area contributed by atoms with E-state index in [1.165, 1.54) is 9.80 Å². The first-order valence-electron chi connectivity index (χ1n) is 19.4. The molecule has 1 saturated carbocycles. The van der Waals surface area contributed by atoms with Crippen LogP contribution in [0, 0.1) is 23.7 Å². The SMILES string of the molecule is O=C(c1ccccc1)c1ccc(N2C(=O)C3CC=C4C(CC5C(=O)N(c6cccc(Cl)c6)C(=O)C5(c5ccccc5)C4c4ccc(O)c5ccccc45)C3C2=O)cc1. The molecule has 2 aliphatic heterocycles. The number of ketones is 1. The number of imide groups is 2. The number of aromatic hydroxyl groups is 1. The Hall–Kier alpha value is -6.64. The lowest BCUT2D eigenvalue weighted by atomic mass is 9.49. The molecule has 6 aromatic carbocycles. The standard InChI is InChI=1S/C49H35ClN2O6/c50-31-14-9-15-33(26-31)52-46(56)40-27-39-37(43(49(40,48(52)58)30-12-5-2-6-13-30)36-24-25-41(53)35-17-8-7-16-34(35)36)22-23-38-42(39)47(57)51(45(38)55)32-20-18-29(19-21-32)44(54)28-10-3-1-4-11-28/h1-22,24-26,38-40,42-43,53H,23,27H2. The highest BCUT2D eigenvalue weighted by Gasteiger charge is 2.70. The Labute approximate surface area is 339 Å². The predicted octanol–water partition coefficient (Wildman–Crippen LogP) is 8.80. The van der Waals surface area contributed by atoms with Crippen molar-refractivity contribution in [1.82, 2.24) is 0 Å². The number of anilines is 2. The molecule has 3 fully saturated rings. The Morgan fingerprint density at radius 3 is 2.03 bits per heavy atom. The summed E-state index contributed by atoms with van der Waals surface area (Å²) in [4.78, 5) is 75.7. The third-order valence-corrected chi connectivity index (χ3v) is 13.1. The number of rotatable bonds is 6. The fraction of sp³-hybridized carbons (Fsp3) is 0.163.